The maximum Gasteiger partial charge on any atom is 0.353 e. The summed E-state index contributed by atoms with van der Waals surface area (Å²) in [5.41, 5.74) is 0.414. The van der Waals surface area contributed by atoms with Crippen LogP contribution in [0.1, 0.15) is 5.56 Å². The van der Waals surface area contributed by atoms with E-state index in [4.69, 9.17) is 11.6 Å². The van der Waals surface area contributed by atoms with Crippen LogP contribution in [0, 0.1) is 0 Å². The molecule has 2 heterocycles. The van der Waals surface area contributed by atoms with Crippen LogP contribution in [0.25, 0.3) is 0 Å². The minimum Gasteiger partial charge on any atom is -0.477 e. The third-order valence-electron chi connectivity index (χ3n) is 3.81. The number of hydrogen-bond acceptors (Lipinski definition) is 4. The molecular formula is C15H13ClN2O5S. The van der Waals surface area contributed by atoms with Crippen LogP contribution < -0.4 is 5.32 Å². The zero-order chi connectivity index (χ0) is 17.4. The highest BCUT2D eigenvalue weighted by Crippen LogP contribution is 2.35. The lowest BCUT2D eigenvalue weighted by Crippen LogP contribution is -2.73. The molecule has 7 nitrogen and oxygen atoms in total. The largest absolute Gasteiger partial charge is 0.477 e. The van der Waals surface area contributed by atoms with E-state index in [0.29, 0.717) is 0 Å². The smallest absolute Gasteiger partial charge is 0.353 e. The Morgan fingerprint density at radius 3 is 2.62 bits per heavy atom. The average molecular weight is 369 g/mol. The molecule has 1 fully saturated rings. The standard InChI is InChI=1S/C15H13ClN2O5S/c16-9-7-24(23)14-11(13(20)18(14)12(9)15(21)22)17-10(19)6-8-4-2-1-3-5-8/h1-5,11,14H,6-7H2,(H,17,19)(H,21,22)/t11?,14-,24?/m0/s1. The SMILES string of the molecule is O=C(Cc1ccccc1)NC1C(=O)N2C(C(=O)O)=C(Cl)CS(=O)[C@@H]12. The fourth-order valence-electron chi connectivity index (χ4n) is 2.74. The van der Waals surface area contributed by atoms with Crippen molar-refractivity contribution in [2.45, 2.75) is 17.8 Å². The second-order valence-electron chi connectivity index (χ2n) is 5.39. The van der Waals surface area contributed by atoms with E-state index in [-0.39, 0.29) is 22.9 Å². The summed E-state index contributed by atoms with van der Waals surface area (Å²) in [6.07, 6.45) is 0.0758. The number of fused-ring (bicyclic) bond motifs is 1. The third-order valence-corrected chi connectivity index (χ3v) is 5.87. The molecule has 0 spiro atoms. The summed E-state index contributed by atoms with van der Waals surface area (Å²) in [5.74, 6) is -2.52. The van der Waals surface area contributed by atoms with E-state index < -0.39 is 40.0 Å². The lowest BCUT2D eigenvalue weighted by Gasteiger charge is -2.48. The van der Waals surface area contributed by atoms with E-state index in [9.17, 15) is 23.7 Å². The zero-order valence-corrected chi connectivity index (χ0v) is 13.8. The highest BCUT2D eigenvalue weighted by molar-refractivity contribution is 7.86. The number of carboxylic acid groups (broad SMARTS) is 1. The number of nitrogens with zero attached hydrogens (tertiary/aromatic N) is 1. The summed E-state index contributed by atoms with van der Waals surface area (Å²) in [5, 5.41) is 10.7. The molecule has 126 valence electrons. The molecule has 24 heavy (non-hydrogen) atoms. The zero-order valence-electron chi connectivity index (χ0n) is 12.3. The topological polar surface area (TPSA) is 104 Å². The van der Waals surface area contributed by atoms with E-state index in [1.54, 1.807) is 24.3 Å². The van der Waals surface area contributed by atoms with Gasteiger partial charge in [0.2, 0.25) is 5.91 Å². The number of rotatable bonds is 4. The summed E-state index contributed by atoms with van der Waals surface area (Å²) in [6.45, 7) is 0. The second-order valence-corrected chi connectivity index (χ2v) is 7.38. The molecule has 1 aromatic carbocycles. The van der Waals surface area contributed by atoms with Gasteiger partial charge in [-0.25, -0.2) is 4.79 Å². The summed E-state index contributed by atoms with van der Waals surface area (Å²) in [4.78, 5) is 36.5. The van der Waals surface area contributed by atoms with Crippen molar-refractivity contribution in [1.29, 1.82) is 0 Å². The Morgan fingerprint density at radius 2 is 2.00 bits per heavy atom. The quantitative estimate of drug-likeness (QED) is 0.738. The lowest BCUT2D eigenvalue weighted by atomic mass is 10.0. The number of aliphatic carboxylic acids is 1. The molecule has 3 atom stereocenters. The highest BCUT2D eigenvalue weighted by Gasteiger charge is 2.57. The predicted molar refractivity (Wildman–Crippen MR) is 86.2 cm³/mol. The number of carbonyl (C=O) groups is 3. The van der Waals surface area contributed by atoms with Crippen molar-refractivity contribution < 1.29 is 23.7 Å². The Morgan fingerprint density at radius 1 is 1.33 bits per heavy atom. The highest BCUT2D eigenvalue weighted by atomic mass is 35.5. The molecule has 2 aliphatic heterocycles. The van der Waals surface area contributed by atoms with Crippen LogP contribution in [0.2, 0.25) is 0 Å². The third kappa shape index (κ3) is 2.83. The van der Waals surface area contributed by atoms with E-state index >= 15 is 0 Å². The minimum atomic E-state index is -1.57. The van der Waals surface area contributed by atoms with Gasteiger partial charge in [-0.3, -0.25) is 18.7 Å². The summed E-state index contributed by atoms with van der Waals surface area (Å²) >= 11 is 5.82. The van der Waals surface area contributed by atoms with Gasteiger partial charge in [0.25, 0.3) is 5.91 Å². The average Bonchev–Trinajstić information content (AvgIpc) is 2.53. The molecule has 3 rings (SSSR count). The van der Waals surface area contributed by atoms with Gasteiger partial charge in [0.05, 0.1) is 28.0 Å². The van der Waals surface area contributed by atoms with Gasteiger partial charge in [0, 0.05) is 0 Å². The van der Waals surface area contributed by atoms with Gasteiger partial charge in [-0.1, -0.05) is 41.9 Å². The first-order valence-electron chi connectivity index (χ1n) is 7.05. The van der Waals surface area contributed by atoms with Gasteiger partial charge in [-0.05, 0) is 5.56 Å². The van der Waals surface area contributed by atoms with Crippen LogP contribution in [-0.2, 0) is 31.6 Å². The Labute approximate surface area is 144 Å². The molecule has 9 heteroatoms. The van der Waals surface area contributed by atoms with Gasteiger partial charge < -0.3 is 10.4 Å². The van der Waals surface area contributed by atoms with Crippen LogP contribution in [0.4, 0.5) is 0 Å². The molecule has 2 unspecified atom stereocenters. The Hall–Kier alpha value is -2.19. The Kier molecular flexibility index (Phi) is 4.42. The summed E-state index contributed by atoms with van der Waals surface area (Å²) in [7, 11) is -1.57. The lowest BCUT2D eigenvalue weighted by molar-refractivity contribution is -0.150. The van der Waals surface area contributed by atoms with Crippen molar-refractivity contribution in [2.24, 2.45) is 0 Å². The van der Waals surface area contributed by atoms with Gasteiger partial charge in [-0.15, -0.1) is 0 Å². The van der Waals surface area contributed by atoms with Crippen molar-refractivity contribution >= 4 is 40.2 Å². The van der Waals surface area contributed by atoms with Gasteiger partial charge >= 0.3 is 5.97 Å². The van der Waals surface area contributed by atoms with E-state index in [0.717, 1.165) is 10.5 Å². The van der Waals surface area contributed by atoms with Gasteiger partial charge in [0.1, 0.15) is 17.1 Å². The van der Waals surface area contributed by atoms with Crippen molar-refractivity contribution in [3.63, 3.8) is 0 Å². The number of benzene rings is 1. The molecule has 2 N–H and O–H groups in total. The molecule has 0 aliphatic carbocycles. The van der Waals surface area contributed by atoms with E-state index in [1.165, 1.54) is 0 Å². The van der Waals surface area contributed by atoms with Crippen LogP contribution in [0.5, 0.6) is 0 Å². The van der Waals surface area contributed by atoms with Gasteiger partial charge in [-0.2, -0.15) is 0 Å². The Bertz CT molecular complexity index is 779. The van der Waals surface area contributed by atoms with E-state index in [1.807, 2.05) is 6.07 Å². The first-order chi connectivity index (χ1) is 11.4. The molecule has 0 radical (unpaired) electrons. The minimum absolute atomic E-state index is 0.0758. The molecule has 0 bridgehead atoms. The van der Waals surface area contributed by atoms with Crippen molar-refractivity contribution in [1.82, 2.24) is 10.2 Å². The fraction of sp³-hybridized carbons (Fsp3) is 0.267. The Balaban J connectivity index is 1.73. The number of halogens is 1. The van der Waals surface area contributed by atoms with Crippen LogP contribution in [0.3, 0.4) is 0 Å². The molecule has 2 amide bonds. The first-order valence-corrected chi connectivity index (χ1v) is 8.81. The summed E-state index contributed by atoms with van der Waals surface area (Å²) < 4.78 is 12.2. The summed E-state index contributed by atoms with van der Waals surface area (Å²) in [6, 6.07) is 7.96. The number of hydrogen-bond donors (Lipinski definition) is 2. The normalized spacial score (nSPS) is 25.8. The molecular weight excluding hydrogens is 356 g/mol. The van der Waals surface area contributed by atoms with Crippen molar-refractivity contribution in [3.05, 3.63) is 46.6 Å². The molecule has 1 aromatic rings. The maximum atomic E-state index is 12.2. The van der Waals surface area contributed by atoms with Crippen molar-refractivity contribution in [2.75, 3.05) is 5.75 Å². The van der Waals surface area contributed by atoms with E-state index in [2.05, 4.69) is 5.32 Å². The predicted octanol–water partition coefficient (Wildman–Crippen LogP) is 0.179. The van der Waals surface area contributed by atoms with Crippen LogP contribution >= 0.6 is 11.6 Å². The first kappa shape index (κ1) is 16.7. The number of carboxylic acids is 1. The fourth-order valence-corrected chi connectivity index (χ4v) is 4.72. The number of carbonyl (C=O) groups excluding carboxylic acids is 2. The molecule has 2 aliphatic rings. The van der Waals surface area contributed by atoms with Crippen LogP contribution in [0.15, 0.2) is 41.1 Å². The number of nitrogens with one attached hydrogen (secondary N) is 1. The maximum absolute atomic E-state index is 12.2. The van der Waals surface area contributed by atoms with Crippen LogP contribution in [-0.4, -0.2) is 49.2 Å². The number of amides is 2. The molecule has 0 saturated carbocycles. The molecule has 1 saturated heterocycles. The number of β-lactam (4-membered cyclic amide) rings is 1. The second kappa shape index (κ2) is 6.37. The van der Waals surface area contributed by atoms with Gasteiger partial charge in [0.15, 0.2) is 0 Å². The monoisotopic (exact) mass is 368 g/mol. The van der Waals surface area contributed by atoms with Crippen molar-refractivity contribution in [3.8, 4) is 0 Å². The molecule has 0 aromatic heterocycles.